The van der Waals surface area contributed by atoms with Crippen LogP contribution < -0.4 is 35.7 Å². The van der Waals surface area contributed by atoms with Crippen molar-refractivity contribution < 1.29 is 42.4 Å². The van der Waals surface area contributed by atoms with E-state index >= 15 is 0 Å². The summed E-state index contributed by atoms with van der Waals surface area (Å²) in [7, 11) is 2.87. The molecule has 1 amide bonds. The number of amides is 1. The van der Waals surface area contributed by atoms with Crippen molar-refractivity contribution in [3.63, 3.8) is 0 Å². The van der Waals surface area contributed by atoms with E-state index in [0.29, 0.717) is 53.6 Å². The minimum atomic E-state index is -1.16. The number of aromatic nitrogens is 6. The SMILES string of the molecule is COc1cc(C(=O)N2CCC(c3ccc(N)nn3)CC2)ncc1Oc1ccc(F)cc1.COc1cc(C(=O)O)ncc1Oc1ccc(F)cc1.Nc1ccc(C2CCNCC2)nn1. The van der Waals surface area contributed by atoms with Gasteiger partial charge in [-0.05, 0) is 112 Å². The van der Waals surface area contributed by atoms with Crippen LogP contribution in [0.4, 0.5) is 20.4 Å². The number of pyridine rings is 2. The number of aromatic carboxylic acids is 1. The Morgan fingerprint density at radius 3 is 1.51 bits per heavy atom. The summed E-state index contributed by atoms with van der Waals surface area (Å²) in [5, 5.41) is 28.2. The van der Waals surface area contributed by atoms with Gasteiger partial charge in [0.15, 0.2) is 28.7 Å². The maximum Gasteiger partial charge on any atom is 0.354 e. The van der Waals surface area contributed by atoms with E-state index in [1.54, 1.807) is 17.0 Å². The third-order valence-electron chi connectivity index (χ3n) is 9.99. The fourth-order valence-electron chi connectivity index (χ4n) is 6.61. The Bertz CT molecular complexity index is 2420. The van der Waals surface area contributed by atoms with Crippen LogP contribution >= 0.6 is 0 Å². The fraction of sp³-hybridized carbons (Fsp3) is 0.273. The van der Waals surface area contributed by atoms with Crippen LogP contribution in [0.5, 0.6) is 34.5 Å². The zero-order chi connectivity index (χ0) is 44.7. The van der Waals surface area contributed by atoms with Crippen LogP contribution in [0.25, 0.3) is 0 Å². The first-order valence-electron chi connectivity index (χ1n) is 19.9. The number of carbonyl (C=O) groups excluding carboxylic acids is 1. The summed E-state index contributed by atoms with van der Waals surface area (Å²) in [6, 6.07) is 21.2. The molecule has 19 heteroatoms. The minimum absolute atomic E-state index is 0.150. The number of nitrogens with two attached hydrogens (primary N) is 2. The number of piperidine rings is 2. The molecule has 8 rings (SSSR count). The molecule has 0 spiro atoms. The number of carboxylic acids is 1. The summed E-state index contributed by atoms with van der Waals surface area (Å²) < 4.78 is 47.4. The second-order valence-electron chi connectivity index (χ2n) is 14.2. The number of nitrogens with zero attached hydrogens (tertiary/aromatic N) is 7. The minimum Gasteiger partial charge on any atom is -0.493 e. The van der Waals surface area contributed by atoms with Crippen LogP contribution in [0.15, 0.2) is 97.3 Å². The van der Waals surface area contributed by atoms with Gasteiger partial charge in [0, 0.05) is 37.1 Å². The highest BCUT2D eigenvalue weighted by atomic mass is 19.1. The number of nitrogens with one attached hydrogen (secondary N) is 1. The van der Waals surface area contributed by atoms with Gasteiger partial charge in [0.1, 0.15) is 40.5 Å². The van der Waals surface area contributed by atoms with E-state index < -0.39 is 5.97 Å². The van der Waals surface area contributed by atoms with Gasteiger partial charge in [0.2, 0.25) is 0 Å². The Morgan fingerprint density at radius 1 is 0.635 bits per heavy atom. The highest BCUT2D eigenvalue weighted by Gasteiger charge is 2.27. The molecule has 0 bridgehead atoms. The van der Waals surface area contributed by atoms with Crippen molar-refractivity contribution in [3.05, 3.63) is 132 Å². The standard InChI is InChI=1S/C22H22FN5O3.C13H10FNO4.C9H14N4/c1-30-19-12-18(25-13-20(19)31-16-4-2-15(23)3-5-16)22(29)28-10-8-14(9-11-28)17-6-7-21(24)27-26-17;1-18-11-6-10(13(16)17)15-7-12(11)19-9-4-2-8(14)3-5-9;10-9-2-1-8(12-13-9)7-3-5-11-6-4-7/h2-7,12-14H,8-11H2,1H3,(H2,24,27);2-7H,1H3,(H,16,17);1-2,7,11H,3-6H2,(H2,10,13). The Labute approximate surface area is 361 Å². The fourth-order valence-corrected chi connectivity index (χ4v) is 6.61. The van der Waals surface area contributed by atoms with E-state index in [1.807, 2.05) is 18.2 Å². The molecule has 0 aliphatic carbocycles. The molecule has 2 aliphatic heterocycles. The van der Waals surface area contributed by atoms with Gasteiger partial charge in [-0.1, -0.05) is 0 Å². The molecule has 0 unspecified atom stereocenters. The maximum atomic E-state index is 13.1. The molecular weight excluding hydrogens is 819 g/mol. The number of rotatable bonds is 10. The molecule has 6 heterocycles. The second kappa shape index (κ2) is 21.8. The summed E-state index contributed by atoms with van der Waals surface area (Å²) in [4.78, 5) is 33.5. The van der Waals surface area contributed by atoms with Gasteiger partial charge in [-0.3, -0.25) is 4.79 Å². The zero-order valence-electron chi connectivity index (χ0n) is 34.5. The molecule has 2 fully saturated rings. The van der Waals surface area contributed by atoms with E-state index in [9.17, 15) is 18.4 Å². The number of methoxy groups -OCH3 is 2. The zero-order valence-corrected chi connectivity index (χ0v) is 34.5. The normalized spacial score (nSPS) is 13.9. The van der Waals surface area contributed by atoms with Crippen molar-refractivity contribution >= 4 is 23.5 Å². The number of benzene rings is 2. The molecule has 0 atom stereocenters. The largest absolute Gasteiger partial charge is 0.493 e. The van der Waals surface area contributed by atoms with Crippen LogP contribution in [0.2, 0.25) is 0 Å². The second-order valence-corrected chi connectivity index (χ2v) is 14.2. The molecule has 6 aromatic rings. The van der Waals surface area contributed by atoms with Crippen LogP contribution in [0.3, 0.4) is 0 Å². The van der Waals surface area contributed by atoms with Crippen molar-refractivity contribution in [2.75, 3.05) is 51.9 Å². The third kappa shape index (κ3) is 12.7. The van der Waals surface area contributed by atoms with Gasteiger partial charge in [0.25, 0.3) is 5.91 Å². The third-order valence-corrected chi connectivity index (χ3v) is 9.99. The van der Waals surface area contributed by atoms with Gasteiger partial charge in [-0.25, -0.2) is 23.5 Å². The van der Waals surface area contributed by atoms with Crippen LogP contribution in [-0.4, -0.2) is 92.6 Å². The highest BCUT2D eigenvalue weighted by molar-refractivity contribution is 5.93. The molecule has 2 saturated heterocycles. The molecule has 0 saturated carbocycles. The molecule has 6 N–H and O–H groups in total. The number of hydrogen-bond donors (Lipinski definition) is 4. The molecule has 0 radical (unpaired) electrons. The van der Waals surface area contributed by atoms with E-state index in [1.165, 1.54) is 81.2 Å². The van der Waals surface area contributed by atoms with Crippen molar-refractivity contribution in [1.29, 1.82) is 0 Å². The number of anilines is 2. The van der Waals surface area contributed by atoms with Gasteiger partial charge in [0.05, 0.1) is 38.0 Å². The first-order valence-corrected chi connectivity index (χ1v) is 19.9. The van der Waals surface area contributed by atoms with Gasteiger partial charge < -0.3 is 45.7 Å². The van der Waals surface area contributed by atoms with Crippen LogP contribution in [0, 0.1) is 11.6 Å². The number of carbonyl (C=O) groups is 2. The predicted octanol–water partition coefficient (Wildman–Crippen LogP) is 6.66. The molecule has 63 heavy (non-hydrogen) atoms. The van der Waals surface area contributed by atoms with Crippen molar-refractivity contribution in [2.24, 2.45) is 0 Å². The maximum absolute atomic E-state index is 13.1. The van der Waals surface area contributed by atoms with E-state index in [0.717, 1.165) is 50.2 Å². The predicted molar refractivity (Wildman–Crippen MR) is 227 cm³/mol. The average Bonchev–Trinajstić information content (AvgIpc) is 3.31. The van der Waals surface area contributed by atoms with Crippen LogP contribution in [0.1, 0.15) is 69.9 Å². The van der Waals surface area contributed by atoms with Crippen molar-refractivity contribution in [3.8, 4) is 34.5 Å². The van der Waals surface area contributed by atoms with E-state index in [2.05, 4.69) is 35.7 Å². The number of nitrogen functional groups attached to an aromatic ring is 2. The lowest BCUT2D eigenvalue weighted by molar-refractivity contribution is 0.0686. The van der Waals surface area contributed by atoms with E-state index in [-0.39, 0.29) is 46.3 Å². The molecule has 2 aromatic carbocycles. The van der Waals surface area contributed by atoms with Crippen molar-refractivity contribution in [1.82, 2.24) is 40.6 Å². The monoisotopic (exact) mass is 864 g/mol. The lowest BCUT2D eigenvalue weighted by Gasteiger charge is -2.31. The van der Waals surface area contributed by atoms with Gasteiger partial charge in [-0.15, -0.1) is 10.2 Å². The highest BCUT2D eigenvalue weighted by Crippen LogP contribution is 2.34. The molecule has 4 aromatic heterocycles. The topological polar surface area (TPSA) is 236 Å². The number of hydrogen-bond acceptors (Lipinski definition) is 15. The summed E-state index contributed by atoms with van der Waals surface area (Å²) in [6.45, 7) is 3.34. The first kappa shape index (κ1) is 45.0. The number of ether oxygens (including phenoxy) is 4. The van der Waals surface area contributed by atoms with Gasteiger partial charge in [-0.2, -0.15) is 10.2 Å². The van der Waals surface area contributed by atoms with E-state index in [4.69, 9.17) is 35.5 Å². The number of halogens is 2. The Kier molecular flexibility index (Phi) is 15.6. The molecule has 2 aliphatic rings. The first-order chi connectivity index (χ1) is 30.5. The van der Waals surface area contributed by atoms with Gasteiger partial charge >= 0.3 is 5.97 Å². The number of carboxylic acid groups (broad SMARTS) is 1. The smallest absolute Gasteiger partial charge is 0.354 e. The Morgan fingerprint density at radius 2 is 1.08 bits per heavy atom. The summed E-state index contributed by atoms with van der Waals surface area (Å²) in [6.07, 6.45) is 6.55. The molecular formula is C44H46F2N10O7. The lowest BCUT2D eigenvalue weighted by Crippen LogP contribution is -2.38. The Balaban J connectivity index is 0.000000175. The summed E-state index contributed by atoms with van der Waals surface area (Å²) >= 11 is 0. The quantitative estimate of drug-likeness (QED) is 0.113. The molecule has 17 nitrogen and oxygen atoms in total. The van der Waals surface area contributed by atoms with Crippen molar-refractivity contribution in [2.45, 2.75) is 37.5 Å². The van der Waals surface area contributed by atoms with Crippen LogP contribution in [-0.2, 0) is 0 Å². The Hall–Kier alpha value is -7.54. The summed E-state index contributed by atoms with van der Waals surface area (Å²) in [5.41, 5.74) is 13.2. The average molecular weight is 865 g/mol. The summed E-state index contributed by atoms with van der Waals surface area (Å²) in [5.74, 6) is 1.65. The lowest BCUT2D eigenvalue weighted by atomic mass is 9.93. The number of likely N-dealkylation sites (tertiary alicyclic amines) is 1. The molecule has 328 valence electrons.